The summed E-state index contributed by atoms with van der Waals surface area (Å²) in [5, 5.41) is 9.47. The molecule has 0 spiro atoms. The lowest BCUT2D eigenvalue weighted by Gasteiger charge is -2.44. The predicted molar refractivity (Wildman–Crippen MR) is 67.9 cm³/mol. The zero-order valence-corrected chi connectivity index (χ0v) is 11.3. The van der Waals surface area contributed by atoms with Crippen LogP contribution in [0.4, 0.5) is 0 Å². The predicted octanol–water partition coefficient (Wildman–Crippen LogP) is 2.75. The summed E-state index contributed by atoms with van der Waals surface area (Å²) in [5.41, 5.74) is -0.612. The molecule has 3 nitrogen and oxygen atoms in total. The van der Waals surface area contributed by atoms with Gasteiger partial charge in [0.1, 0.15) is 5.54 Å². The van der Waals surface area contributed by atoms with E-state index < -0.39 is 11.5 Å². The van der Waals surface area contributed by atoms with Gasteiger partial charge in [-0.05, 0) is 57.4 Å². The summed E-state index contributed by atoms with van der Waals surface area (Å²) in [6, 6.07) is 0.481. The van der Waals surface area contributed by atoms with Gasteiger partial charge in [-0.25, -0.2) is 0 Å². The molecule has 4 atom stereocenters. The summed E-state index contributed by atoms with van der Waals surface area (Å²) in [6.07, 6.45) is 5.51. The third-order valence-electron chi connectivity index (χ3n) is 4.94. The van der Waals surface area contributed by atoms with E-state index in [0.717, 1.165) is 25.3 Å². The molecule has 1 aliphatic carbocycles. The van der Waals surface area contributed by atoms with Gasteiger partial charge in [0.25, 0.3) is 0 Å². The third kappa shape index (κ3) is 2.22. The molecule has 0 aromatic carbocycles. The molecule has 1 saturated carbocycles. The Morgan fingerprint density at radius 3 is 2.65 bits per heavy atom. The largest absolute Gasteiger partial charge is 0.480 e. The lowest BCUT2D eigenvalue weighted by molar-refractivity contribution is -0.151. The Morgan fingerprint density at radius 2 is 2.06 bits per heavy atom. The monoisotopic (exact) mass is 239 g/mol. The Bertz CT molecular complexity index is 305. The normalized spacial score (nSPS) is 43.8. The average molecular weight is 239 g/mol. The molecular weight excluding hydrogens is 214 g/mol. The van der Waals surface area contributed by atoms with Crippen molar-refractivity contribution in [2.75, 3.05) is 6.54 Å². The Labute approximate surface area is 104 Å². The molecule has 2 fully saturated rings. The van der Waals surface area contributed by atoms with E-state index in [2.05, 4.69) is 18.7 Å². The second kappa shape index (κ2) is 4.60. The molecule has 4 unspecified atom stereocenters. The van der Waals surface area contributed by atoms with Gasteiger partial charge in [-0.2, -0.15) is 0 Å². The van der Waals surface area contributed by atoms with Crippen LogP contribution in [0.3, 0.4) is 0 Å². The first-order valence-electron chi connectivity index (χ1n) is 6.95. The van der Waals surface area contributed by atoms with Crippen molar-refractivity contribution < 1.29 is 9.90 Å². The first-order chi connectivity index (χ1) is 7.95. The van der Waals surface area contributed by atoms with Crippen LogP contribution in [0.25, 0.3) is 0 Å². The Balaban J connectivity index is 2.13. The van der Waals surface area contributed by atoms with E-state index in [-0.39, 0.29) is 0 Å². The van der Waals surface area contributed by atoms with Crippen LogP contribution in [0.5, 0.6) is 0 Å². The zero-order valence-electron chi connectivity index (χ0n) is 11.3. The molecule has 0 radical (unpaired) electrons. The van der Waals surface area contributed by atoms with Crippen LogP contribution in [0, 0.1) is 11.8 Å². The molecule has 98 valence electrons. The number of rotatable bonds is 2. The van der Waals surface area contributed by atoms with Crippen LogP contribution < -0.4 is 0 Å². The van der Waals surface area contributed by atoms with Crippen molar-refractivity contribution in [1.29, 1.82) is 0 Å². The van der Waals surface area contributed by atoms with Crippen molar-refractivity contribution in [3.8, 4) is 0 Å². The molecule has 1 heterocycles. The van der Waals surface area contributed by atoms with Crippen LogP contribution in [0.15, 0.2) is 0 Å². The van der Waals surface area contributed by atoms with Gasteiger partial charge in [-0.1, -0.05) is 13.8 Å². The summed E-state index contributed by atoms with van der Waals surface area (Å²) in [5.74, 6) is 0.802. The zero-order chi connectivity index (χ0) is 12.6. The van der Waals surface area contributed by atoms with Crippen LogP contribution in [0.2, 0.25) is 0 Å². The standard InChI is InChI=1S/C14H25NO2/c1-10-5-6-12(11(2)9-10)15-8-4-7-14(15,3)13(16)17/h10-12H,4-9H2,1-3H3,(H,16,17). The van der Waals surface area contributed by atoms with E-state index in [1.807, 2.05) is 6.92 Å². The summed E-state index contributed by atoms with van der Waals surface area (Å²) in [7, 11) is 0. The van der Waals surface area contributed by atoms with Gasteiger partial charge >= 0.3 is 5.97 Å². The molecule has 0 bridgehead atoms. The first kappa shape index (κ1) is 12.9. The van der Waals surface area contributed by atoms with Crippen molar-refractivity contribution >= 4 is 5.97 Å². The fourth-order valence-electron chi connectivity index (χ4n) is 3.86. The van der Waals surface area contributed by atoms with E-state index in [0.29, 0.717) is 12.0 Å². The van der Waals surface area contributed by atoms with E-state index in [1.165, 1.54) is 19.3 Å². The Kier molecular flexibility index (Phi) is 3.48. The molecule has 3 heteroatoms. The van der Waals surface area contributed by atoms with Crippen molar-refractivity contribution in [3.63, 3.8) is 0 Å². The van der Waals surface area contributed by atoms with E-state index >= 15 is 0 Å². The maximum Gasteiger partial charge on any atom is 0.323 e. The third-order valence-corrected chi connectivity index (χ3v) is 4.94. The van der Waals surface area contributed by atoms with E-state index in [4.69, 9.17) is 0 Å². The number of aliphatic carboxylic acids is 1. The number of nitrogens with zero attached hydrogens (tertiary/aromatic N) is 1. The fourth-order valence-corrected chi connectivity index (χ4v) is 3.86. The van der Waals surface area contributed by atoms with Crippen LogP contribution in [-0.4, -0.2) is 34.1 Å². The number of hydrogen-bond donors (Lipinski definition) is 1. The van der Waals surface area contributed by atoms with Crippen LogP contribution >= 0.6 is 0 Å². The van der Waals surface area contributed by atoms with Gasteiger partial charge in [-0.3, -0.25) is 9.69 Å². The minimum Gasteiger partial charge on any atom is -0.480 e. The molecule has 1 aliphatic heterocycles. The van der Waals surface area contributed by atoms with Gasteiger partial charge < -0.3 is 5.11 Å². The quantitative estimate of drug-likeness (QED) is 0.805. The maximum absolute atomic E-state index is 11.5. The molecule has 0 aromatic rings. The number of hydrogen-bond acceptors (Lipinski definition) is 2. The summed E-state index contributed by atoms with van der Waals surface area (Å²) < 4.78 is 0. The van der Waals surface area contributed by atoms with Crippen LogP contribution in [0.1, 0.15) is 52.9 Å². The van der Waals surface area contributed by atoms with Crippen LogP contribution in [-0.2, 0) is 4.79 Å². The molecule has 1 N–H and O–H groups in total. The highest BCUT2D eigenvalue weighted by Crippen LogP contribution is 2.39. The van der Waals surface area contributed by atoms with E-state index in [1.54, 1.807) is 0 Å². The molecule has 1 saturated heterocycles. The highest BCUT2D eigenvalue weighted by atomic mass is 16.4. The van der Waals surface area contributed by atoms with Gasteiger partial charge in [0.2, 0.25) is 0 Å². The number of carboxylic acids is 1. The Morgan fingerprint density at radius 1 is 1.35 bits per heavy atom. The average Bonchev–Trinajstić information content (AvgIpc) is 2.62. The number of likely N-dealkylation sites (tertiary alicyclic amines) is 1. The SMILES string of the molecule is CC1CCC(N2CCCC2(C)C(=O)O)C(C)C1. The van der Waals surface area contributed by atoms with Crippen molar-refractivity contribution in [2.45, 2.75) is 64.5 Å². The maximum atomic E-state index is 11.5. The number of carboxylic acid groups (broad SMARTS) is 1. The Hall–Kier alpha value is -0.570. The second-order valence-corrected chi connectivity index (χ2v) is 6.34. The molecule has 0 aromatic heterocycles. The van der Waals surface area contributed by atoms with E-state index in [9.17, 15) is 9.90 Å². The summed E-state index contributed by atoms with van der Waals surface area (Å²) >= 11 is 0. The molecule has 0 amide bonds. The van der Waals surface area contributed by atoms with Crippen molar-refractivity contribution in [3.05, 3.63) is 0 Å². The minimum absolute atomic E-state index is 0.481. The topological polar surface area (TPSA) is 40.5 Å². The van der Waals surface area contributed by atoms with Gasteiger partial charge in [-0.15, -0.1) is 0 Å². The smallest absolute Gasteiger partial charge is 0.323 e. The number of carbonyl (C=O) groups is 1. The minimum atomic E-state index is -0.638. The van der Waals surface area contributed by atoms with Gasteiger partial charge in [0, 0.05) is 6.04 Å². The van der Waals surface area contributed by atoms with Gasteiger partial charge in [0.15, 0.2) is 0 Å². The summed E-state index contributed by atoms with van der Waals surface area (Å²) in [4.78, 5) is 13.8. The van der Waals surface area contributed by atoms with Gasteiger partial charge in [0.05, 0.1) is 0 Å². The lowest BCUT2D eigenvalue weighted by Crippen LogP contribution is -2.55. The summed E-state index contributed by atoms with van der Waals surface area (Å²) in [6.45, 7) is 7.48. The highest BCUT2D eigenvalue weighted by Gasteiger charge is 2.48. The van der Waals surface area contributed by atoms with Crippen molar-refractivity contribution in [2.24, 2.45) is 11.8 Å². The highest BCUT2D eigenvalue weighted by molar-refractivity contribution is 5.78. The lowest BCUT2D eigenvalue weighted by atomic mass is 9.78. The first-order valence-corrected chi connectivity index (χ1v) is 6.95. The molecule has 17 heavy (non-hydrogen) atoms. The van der Waals surface area contributed by atoms with Crippen molar-refractivity contribution in [1.82, 2.24) is 4.90 Å². The fraction of sp³-hybridized carbons (Fsp3) is 0.929. The second-order valence-electron chi connectivity index (χ2n) is 6.34. The molecule has 2 rings (SSSR count). The molecule has 2 aliphatic rings. The molecular formula is C14H25NO2.